The number of amides is 1. The van der Waals surface area contributed by atoms with Crippen LogP contribution in [-0.4, -0.2) is 12.5 Å². The van der Waals surface area contributed by atoms with E-state index in [9.17, 15) is 9.18 Å². The molecule has 0 saturated carbocycles. The van der Waals surface area contributed by atoms with Crippen LogP contribution in [0.1, 0.15) is 24.5 Å². The molecule has 0 fully saturated rings. The second-order valence-electron chi connectivity index (χ2n) is 3.45. The molecule has 0 bridgehead atoms. The highest BCUT2D eigenvalue weighted by atomic mass is 19.1. The van der Waals surface area contributed by atoms with E-state index in [0.717, 1.165) is 0 Å². The second kappa shape index (κ2) is 5.92. The first-order valence-corrected chi connectivity index (χ1v) is 5.09. The predicted octanol–water partition coefficient (Wildman–Crippen LogP) is 2.01. The van der Waals surface area contributed by atoms with E-state index in [1.165, 1.54) is 13.0 Å². The number of rotatable bonds is 2. The Morgan fingerprint density at radius 2 is 2.25 bits per heavy atom. The summed E-state index contributed by atoms with van der Waals surface area (Å²) >= 11 is 0. The fourth-order valence-electron chi connectivity index (χ4n) is 1.20. The van der Waals surface area contributed by atoms with Crippen LogP contribution in [0.3, 0.4) is 0 Å². The van der Waals surface area contributed by atoms with Gasteiger partial charge in [0, 0.05) is 31.0 Å². The summed E-state index contributed by atoms with van der Waals surface area (Å²) in [5.41, 5.74) is 1.26. The summed E-state index contributed by atoms with van der Waals surface area (Å²) in [5.74, 6) is 5.47. The molecule has 3 heteroatoms. The molecule has 0 aliphatic heterocycles. The van der Waals surface area contributed by atoms with Gasteiger partial charge in [-0.2, -0.15) is 0 Å². The zero-order chi connectivity index (χ0) is 12.0. The first-order chi connectivity index (χ1) is 7.61. The number of halogens is 1. The Hall–Kier alpha value is -1.82. The molecule has 84 valence electrons. The van der Waals surface area contributed by atoms with Crippen molar-refractivity contribution in [3.8, 4) is 11.8 Å². The molecule has 0 spiro atoms. The highest BCUT2D eigenvalue weighted by molar-refractivity contribution is 5.72. The maximum absolute atomic E-state index is 13.1. The number of hydrogen-bond donors (Lipinski definition) is 1. The average molecular weight is 219 g/mol. The van der Waals surface area contributed by atoms with Crippen molar-refractivity contribution in [1.29, 1.82) is 0 Å². The minimum Gasteiger partial charge on any atom is -0.355 e. The molecular weight excluding hydrogens is 205 g/mol. The molecule has 1 rings (SSSR count). The second-order valence-corrected chi connectivity index (χ2v) is 3.45. The molecule has 1 amide bonds. The Balaban J connectivity index is 2.56. The summed E-state index contributed by atoms with van der Waals surface area (Å²) in [4.78, 5) is 10.6. The lowest BCUT2D eigenvalue weighted by Gasteiger charge is -1.98. The van der Waals surface area contributed by atoms with Gasteiger partial charge in [0.15, 0.2) is 0 Å². The maximum atomic E-state index is 13.1. The van der Waals surface area contributed by atoms with Crippen LogP contribution in [0, 0.1) is 24.6 Å². The van der Waals surface area contributed by atoms with E-state index in [4.69, 9.17) is 0 Å². The zero-order valence-corrected chi connectivity index (χ0v) is 9.43. The van der Waals surface area contributed by atoms with Gasteiger partial charge >= 0.3 is 0 Å². The summed E-state index contributed by atoms with van der Waals surface area (Å²) in [6.45, 7) is 3.69. The predicted molar refractivity (Wildman–Crippen MR) is 61.3 cm³/mol. The Morgan fingerprint density at radius 1 is 1.50 bits per heavy atom. The van der Waals surface area contributed by atoms with Gasteiger partial charge < -0.3 is 5.32 Å². The van der Waals surface area contributed by atoms with Crippen molar-refractivity contribution in [2.75, 3.05) is 6.54 Å². The molecule has 2 nitrogen and oxygen atoms in total. The van der Waals surface area contributed by atoms with Crippen molar-refractivity contribution in [1.82, 2.24) is 5.32 Å². The summed E-state index contributed by atoms with van der Waals surface area (Å²) in [6, 6.07) is 4.84. The molecule has 0 saturated heterocycles. The standard InChI is InChI=1S/C13H14FNO/c1-10-12(7-5-8-13(10)14)6-3-4-9-15-11(2)16/h5,7-8H,4,9H2,1-2H3,(H,15,16). The van der Waals surface area contributed by atoms with Gasteiger partial charge in [-0.15, -0.1) is 0 Å². The zero-order valence-electron chi connectivity index (χ0n) is 9.43. The summed E-state index contributed by atoms with van der Waals surface area (Å²) < 4.78 is 13.1. The normalized spacial score (nSPS) is 9.19. The lowest BCUT2D eigenvalue weighted by molar-refractivity contribution is -0.118. The van der Waals surface area contributed by atoms with Crippen LogP contribution in [0.5, 0.6) is 0 Å². The first-order valence-electron chi connectivity index (χ1n) is 5.09. The molecule has 16 heavy (non-hydrogen) atoms. The highest BCUT2D eigenvalue weighted by Gasteiger charge is 1.99. The van der Waals surface area contributed by atoms with E-state index in [-0.39, 0.29) is 11.7 Å². The maximum Gasteiger partial charge on any atom is 0.216 e. The van der Waals surface area contributed by atoms with E-state index in [1.807, 2.05) is 0 Å². The Bertz CT molecular complexity index is 443. The van der Waals surface area contributed by atoms with Crippen LogP contribution >= 0.6 is 0 Å². The van der Waals surface area contributed by atoms with Crippen LogP contribution in [0.4, 0.5) is 4.39 Å². The van der Waals surface area contributed by atoms with E-state index in [0.29, 0.717) is 24.1 Å². The van der Waals surface area contributed by atoms with E-state index in [1.54, 1.807) is 19.1 Å². The Morgan fingerprint density at radius 3 is 2.94 bits per heavy atom. The molecule has 0 aliphatic carbocycles. The fourth-order valence-corrected chi connectivity index (χ4v) is 1.20. The third-order valence-corrected chi connectivity index (χ3v) is 2.11. The number of benzene rings is 1. The smallest absolute Gasteiger partial charge is 0.216 e. The first kappa shape index (κ1) is 12.3. The van der Waals surface area contributed by atoms with Gasteiger partial charge in [-0.05, 0) is 19.1 Å². The van der Waals surface area contributed by atoms with Crippen LogP contribution in [0.25, 0.3) is 0 Å². The SMILES string of the molecule is CC(=O)NCCC#Cc1cccc(F)c1C. The molecule has 1 aromatic carbocycles. The largest absolute Gasteiger partial charge is 0.355 e. The van der Waals surface area contributed by atoms with Crippen LogP contribution < -0.4 is 5.32 Å². The topological polar surface area (TPSA) is 29.1 Å². The average Bonchev–Trinajstić information content (AvgIpc) is 2.23. The molecule has 1 aromatic rings. The molecular formula is C13H14FNO. The molecule has 0 aromatic heterocycles. The van der Waals surface area contributed by atoms with E-state index >= 15 is 0 Å². The Labute approximate surface area is 94.9 Å². The minimum atomic E-state index is -0.242. The van der Waals surface area contributed by atoms with Gasteiger partial charge in [-0.1, -0.05) is 17.9 Å². The lowest BCUT2D eigenvalue weighted by Crippen LogP contribution is -2.20. The van der Waals surface area contributed by atoms with Gasteiger partial charge in [-0.25, -0.2) is 4.39 Å². The number of carbonyl (C=O) groups is 1. The third kappa shape index (κ3) is 3.74. The van der Waals surface area contributed by atoms with Gasteiger partial charge in [-0.3, -0.25) is 4.79 Å². The molecule has 0 heterocycles. The molecule has 0 unspecified atom stereocenters. The van der Waals surface area contributed by atoms with Gasteiger partial charge in [0.1, 0.15) is 5.82 Å². The van der Waals surface area contributed by atoms with Crippen molar-refractivity contribution in [3.63, 3.8) is 0 Å². The fraction of sp³-hybridized carbons (Fsp3) is 0.308. The summed E-state index contributed by atoms with van der Waals surface area (Å²) in [7, 11) is 0. The quantitative estimate of drug-likeness (QED) is 0.598. The van der Waals surface area contributed by atoms with Crippen LogP contribution in [-0.2, 0) is 4.79 Å². The number of carbonyl (C=O) groups excluding carboxylic acids is 1. The van der Waals surface area contributed by atoms with Gasteiger partial charge in [0.05, 0.1) is 0 Å². The monoisotopic (exact) mass is 219 g/mol. The molecule has 0 atom stereocenters. The number of nitrogens with one attached hydrogen (secondary N) is 1. The van der Waals surface area contributed by atoms with Crippen LogP contribution in [0.2, 0.25) is 0 Å². The van der Waals surface area contributed by atoms with Gasteiger partial charge in [0.2, 0.25) is 5.91 Å². The summed E-state index contributed by atoms with van der Waals surface area (Å²) in [6.07, 6.45) is 0.565. The minimum absolute atomic E-state index is 0.0660. The lowest BCUT2D eigenvalue weighted by atomic mass is 10.1. The van der Waals surface area contributed by atoms with Crippen molar-refractivity contribution in [3.05, 3.63) is 35.1 Å². The molecule has 1 N–H and O–H groups in total. The van der Waals surface area contributed by atoms with Crippen molar-refractivity contribution < 1.29 is 9.18 Å². The van der Waals surface area contributed by atoms with Crippen molar-refractivity contribution in [2.24, 2.45) is 0 Å². The van der Waals surface area contributed by atoms with Crippen LogP contribution in [0.15, 0.2) is 18.2 Å². The molecule has 0 radical (unpaired) electrons. The Kier molecular flexibility index (Phi) is 4.53. The highest BCUT2D eigenvalue weighted by Crippen LogP contribution is 2.10. The van der Waals surface area contributed by atoms with E-state index in [2.05, 4.69) is 17.2 Å². The molecule has 0 aliphatic rings. The van der Waals surface area contributed by atoms with E-state index < -0.39 is 0 Å². The van der Waals surface area contributed by atoms with Crippen molar-refractivity contribution >= 4 is 5.91 Å². The van der Waals surface area contributed by atoms with Crippen molar-refractivity contribution in [2.45, 2.75) is 20.3 Å². The third-order valence-electron chi connectivity index (χ3n) is 2.11. The van der Waals surface area contributed by atoms with Gasteiger partial charge in [0.25, 0.3) is 0 Å². The number of hydrogen-bond acceptors (Lipinski definition) is 1. The summed E-state index contributed by atoms with van der Waals surface area (Å²) in [5, 5.41) is 2.64.